The molecule has 2 N–H and O–H groups in total. The second-order valence-corrected chi connectivity index (χ2v) is 6.27. The minimum absolute atomic E-state index is 0.0390. The monoisotopic (exact) mass is 289 g/mol. The van der Waals surface area contributed by atoms with E-state index in [1.807, 2.05) is 13.0 Å². The SMILES string of the molecule is Cc1cncc(C(=O)N[C@@H]2CCC[C@@H]2N2CCC(O)C2)c1. The van der Waals surface area contributed by atoms with Gasteiger partial charge in [0.15, 0.2) is 0 Å². The lowest BCUT2D eigenvalue weighted by molar-refractivity contribution is 0.0905. The van der Waals surface area contributed by atoms with E-state index in [4.69, 9.17) is 0 Å². The Bertz CT molecular complexity index is 520. The van der Waals surface area contributed by atoms with Crippen molar-refractivity contribution in [2.45, 2.75) is 50.8 Å². The highest BCUT2D eigenvalue weighted by Gasteiger charge is 2.36. The normalized spacial score (nSPS) is 29.7. The molecular weight excluding hydrogens is 266 g/mol. The van der Waals surface area contributed by atoms with Gasteiger partial charge in [-0.2, -0.15) is 0 Å². The van der Waals surface area contributed by atoms with Crippen LogP contribution in [-0.2, 0) is 0 Å². The minimum atomic E-state index is -0.206. The number of hydrogen-bond donors (Lipinski definition) is 2. The predicted molar refractivity (Wildman–Crippen MR) is 80.1 cm³/mol. The Balaban J connectivity index is 1.64. The van der Waals surface area contributed by atoms with Gasteiger partial charge in [-0.1, -0.05) is 0 Å². The average molecular weight is 289 g/mol. The van der Waals surface area contributed by atoms with Crippen molar-refractivity contribution >= 4 is 5.91 Å². The first-order valence-corrected chi connectivity index (χ1v) is 7.78. The molecule has 1 unspecified atom stereocenters. The van der Waals surface area contributed by atoms with Crippen LogP contribution in [0.15, 0.2) is 18.5 Å². The molecule has 0 radical (unpaired) electrons. The summed E-state index contributed by atoms with van der Waals surface area (Å²) in [6.07, 6.45) is 7.26. The number of nitrogens with one attached hydrogen (secondary N) is 1. The molecule has 2 aliphatic rings. The van der Waals surface area contributed by atoms with Crippen LogP contribution < -0.4 is 5.32 Å². The predicted octanol–water partition coefficient (Wildman–Crippen LogP) is 1.11. The van der Waals surface area contributed by atoms with Gasteiger partial charge in [-0.05, 0) is 44.2 Å². The fourth-order valence-electron chi connectivity index (χ4n) is 3.55. The van der Waals surface area contributed by atoms with Crippen LogP contribution in [0.1, 0.15) is 41.6 Å². The lowest BCUT2D eigenvalue weighted by Crippen LogP contribution is -2.48. The van der Waals surface area contributed by atoms with Crippen molar-refractivity contribution in [2.24, 2.45) is 0 Å². The molecule has 1 aromatic rings. The summed E-state index contributed by atoms with van der Waals surface area (Å²) in [5.74, 6) is -0.0390. The van der Waals surface area contributed by atoms with Crippen LogP contribution >= 0.6 is 0 Å². The highest BCUT2D eigenvalue weighted by atomic mass is 16.3. The molecule has 5 nitrogen and oxygen atoms in total. The number of carbonyl (C=O) groups excluding carboxylic acids is 1. The largest absolute Gasteiger partial charge is 0.392 e. The van der Waals surface area contributed by atoms with E-state index < -0.39 is 0 Å². The zero-order valence-corrected chi connectivity index (χ0v) is 12.5. The Kier molecular flexibility index (Phi) is 4.22. The molecule has 1 saturated heterocycles. The fourth-order valence-corrected chi connectivity index (χ4v) is 3.55. The van der Waals surface area contributed by atoms with E-state index in [0.717, 1.165) is 44.3 Å². The number of rotatable bonds is 3. The Morgan fingerprint density at radius 2 is 2.24 bits per heavy atom. The Morgan fingerprint density at radius 1 is 1.38 bits per heavy atom. The van der Waals surface area contributed by atoms with Gasteiger partial charge in [-0.15, -0.1) is 0 Å². The van der Waals surface area contributed by atoms with E-state index in [1.165, 1.54) is 0 Å². The molecule has 3 atom stereocenters. The van der Waals surface area contributed by atoms with Crippen molar-refractivity contribution in [1.82, 2.24) is 15.2 Å². The molecule has 1 aromatic heterocycles. The van der Waals surface area contributed by atoms with E-state index >= 15 is 0 Å². The maximum atomic E-state index is 12.4. The van der Waals surface area contributed by atoms with Crippen LogP contribution in [0.2, 0.25) is 0 Å². The molecular formula is C16H23N3O2. The maximum absolute atomic E-state index is 12.4. The van der Waals surface area contributed by atoms with Crippen molar-refractivity contribution in [1.29, 1.82) is 0 Å². The number of aliphatic hydroxyl groups excluding tert-OH is 1. The third-order valence-corrected chi connectivity index (χ3v) is 4.60. The molecule has 114 valence electrons. The number of nitrogens with zero attached hydrogens (tertiary/aromatic N) is 2. The van der Waals surface area contributed by atoms with Gasteiger partial charge in [0, 0.05) is 37.6 Å². The van der Waals surface area contributed by atoms with E-state index in [9.17, 15) is 9.90 Å². The number of aryl methyl sites for hydroxylation is 1. The van der Waals surface area contributed by atoms with Crippen molar-refractivity contribution in [2.75, 3.05) is 13.1 Å². The Morgan fingerprint density at radius 3 is 2.95 bits per heavy atom. The molecule has 1 saturated carbocycles. The molecule has 1 aliphatic carbocycles. The van der Waals surface area contributed by atoms with Crippen LogP contribution in [0.5, 0.6) is 0 Å². The van der Waals surface area contributed by atoms with Crippen molar-refractivity contribution in [3.63, 3.8) is 0 Å². The standard InChI is InChI=1S/C16H23N3O2/c1-11-7-12(9-17-8-11)16(21)18-14-3-2-4-15(14)19-6-5-13(20)10-19/h7-9,13-15,20H,2-6,10H2,1H3,(H,18,21)/t13?,14-,15+/m1/s1. The van der Waals surface area contributed by atoms with Gasteiger partial charge in [-0.3, -0.25) is 14.7 Å². The zero-order valence-electron chi connectivity index (χ0n) is 12.5. The second kappa shape index (κ2) is 6.12. The van der Waals surface area contributed by atoms with Gasteiger partial charge in [0.25, 0.3) is 5.91 Å². The summed E-state index contributed by atoms with van der Waals surface area (Å²) in [6, 6.07) is 2.42. The Labute approximate surface area is 125 Å². The lowest BCUT2D eigenvalue weighted by atomic mass is 10.1. The molecule has 2 fully saturated rings. The quantitative estimate of drug-likeness (QED) is 0.875. The highest BCUT2D eigenvalue weighted by molar-refractivity contribution is 5.94. The summed E-state index contributed by atoms with van der Waals surface area (Å²) in [5, 5.41) is 12.9. The van der Waals surface area contributed by atoms with Crippen LogP contribution in [0, 0.1) is 6.92 Å². The van der Waals surface area contributed by atoms with Gasteiger partial charge in [0.1, 0.15) is 0 Å². The van der Waals surface area contributed by atoms with E-state index in [1.54, 1.807) is 12.4 Å². The summed E-state index contributed by atoms with van der Waals surface area (Å²) < 4.78 is 0. The summed E-state index contributed by atoms with van der Waals surface area (Å²) >= 11 is 0. The Hall–Kier alpha value is -1.46. The maximum Gasteiger partial charge on any atom is 0.253 e. The lowest BCUT2D eigenvalue weighted by Gasteiger charge is -2.29. The number of likely N-dealkylation sites (tertiary alicyclic amines) is 1. The molecule has 3 rings (SSSR count). The third-order valence-electron chi connectivity index (χ3n) is 4.60. The molecule has 5 heteroatoms. The average Bonchev–Trinajstić information content (AvgIpc) is 3.07. The van der Waals surface area contributed by atoms with Crippen LogP contribution in [-0.4, -0.2) is 52.2 Å². The van der Waals surface area contributed by atoms with Gasteiger partial charge < -0.3 is 10.4 Å². The van der Waals surface area contributed by atoms with E-state index in [0.29, 0.717) is 11.6 Å². The molecule has 0 spiro atoms. The number of pyridine rings is 1. The summed E-state index contributed by atoms with van der Waals surface area (Å²) in [7, 11) is 0. The van der Waals surface area contributed by atoms with Gasteiger partial charge in [0.2, 0.25) is 0 Å². The molecule has 2 heterocycles. The van der Waals surface area contributed by atoms with Gasteiger partial charge >= 0.3 is 0 Å². The van der Waals surface area contributed by atoms with Crippen molar-refractivity contribution in [3.05, 3.63) is 29.6 Å². The molecule has 0 bridgehead atoms. The third kappa shape index (κ3) is 3.24. The van der Waals surface area contributed by atoms with E-state index in [-0.39, 0.29) is 18.1 Å². The van der Waals surface area contributed by atoms with Gasteiger partial charge in [-0.25, -0.2) is 0 Å². The van der Waals surface area contributed by atoms with Crippen LogP contribution in [0.3, 0.4) is 0 Å². The number of aromatic nitrogens is 1. The fraction of sp³-hybridized carbons (Fsp3) is 0.625. The first kappa shape index (κ1) is 14.5. The molecule has 1 aliphatic heterocycles. The second-order valence-electron chi connectivity index (χ2n) is 6.27. The van der Waals surface area contributed by atoms with Gasteiger partial charge in [0.05, 0.1) is 11.7 Å². The minimum Gasteiger partial charge on any atom is -0.392 e. The first-order chi connectivity index (χ1) is 10.1. The summed E-state index contributed by atoms with van der Waals surface area (Å²) in [6.45, 7) is 3.61. The number of β-amino-alcohol motifs (C(OH)–C–C–N with tert-alkyl or cyclic N) is 1. The van der Waals surface area contributed by atoms with Crippen molar-refractivity contribution in [3.8, 4) is 0 Å². The van der Waals surface area contributed by atoms with E-state index in [2.05, 4.69) is 15.2 Å². The number of carbonyl (C=O) groups is 1. The van der Waals surface area contributed by atoms with Crippen LogP contribution in [0.4, 0.5) is 0 Å². The smallest absolute Gasteiger partial charge is 0.253 e. The number of amides is 1. The zero-order chi connectivity index (χ0) is 14.8. The van der Waals surface area contributed by atoms with Crippen molar-refractivity contribution < 1.29 is 9.90 Å². The van der Waals surface area contributed by atoms with Crippen LogP contribution in [0.25, 0.3) is 0 Å². The summed E-state index contributed by atoms with van der Waals surface area (Å²) in [5.41, 5.74) is 1.62. The topological polar surface area (TPSA) is 65.5 Å². The first-order valence-electron chi connectivity index (χ1n) is 7.78. The highest BCUT2D eigenvalue weighted by Crippen LogP contribution is 2.27. The number of hydrogen-bond acceptors (Lipinski definition) is 4. The number of aliphatic hydroxyl groups is 1. The molecule has 0 aromatic carbocycles. The molecule has 1 amide bonds. The molecule has 21 heavy (non-hydrogen) atoms. The summed E-state index contributed by atoms with van der Waals surface area (Å²) in [4.78, 5) is 18.8.